The Hall–Kier alpha value is -2.44. The second-order valence-corrected chi connectivity index (χ2v) is 8.29. The highest BCUT2D eigenvalue weighted by Gasteiger charge is 2.26. The molecule has 0 aliphatic carbocycles. The largest absolute Gasteiger partial charge is 0.356 e. The van der Waals surface area contributed by atoms with Crippen molar-refractivity contribution >= 4 is 11.7 Å². The summed E-state index contributed by atoms with van der Waals surface area (Å²) in [5.74, 6) is 1.97. The number of nitrogens with zero attached hydrogens (tertiary/aromatic N) is 5. The number of anilines is 1. The average molecular weight is 413 g/mol. The first-order valence-electron chi connectivity index (χ1n) is 11.5. The maximum atomic E-state index is 12.5. The molecular weight excluding hydrogens is 376 g/mol. The lowest BCUT2D eigenvalue weighted by Gasteiger charge is -2.36. The van der Waals surface area contributed by atoms with Gasteiger partial charge in [-0.15, -0.1) is 0 Å². The number of hydrogen-bond donors (Lipinski definition) is 1. The number of rotatable bonds is 11. The molecule has 0 bridgehead atoms. The Bertz CT molecular complexity index is 776. The molecule has 0 radical (unpaired) electrons. The molecule has 1 atom stereocenters. The van der Waals surface area contributed by atoms with Gasteiger partial charge in [0.15, 0.2) is 0 Å². The van der Waals surface area contributed by atoms with Gasteiger partial charge < -0.3 is 14.8 Å². The normalized spacial score (nSPS) is 16.6. The third-order valence-corrected chi connectivity index (χ3v) is 5.73. The molecule has 0 spiro atoms. The standard InChI is InChI=1S/C23H36N6O/c1-3-4-5-7-11-25-23(30)17-20-9-6-8-13-29(20)22-16-19(2)26-21(27-22)10-14-28-15-12-24-18-28/h12,15-16,18,20H,3-11,13-14,17H2,1-2H3,(H,25,30). The van der Waals surface area contributed by atoms with Crippen LogP contribution in [0, 0.1) is 6.92 Å². The minimum Gasteiger partial charge on any atom is -0.356 e. The highest BCUT2D eigenvalue weighted by molar-refractivity contribution is 5.77. The number of imidazole rings is 1. The summed E-state index contributed by atoms with van der Waals surface area (Å²) < 4.78 is 2.04. The van der Waals surface area contributed by atoms with E-state index in [0.29, 0.717) is 6.42 Å². The van der Waals surface area contributed by atoms with Gasteiger partial charge in [0.2, 0.25) is 5.91 Å². The molecule has 2 aromatic heterocycles. The van der Waals surface area contributed by atoms with Crippen molar-refractivity contribution in [1.29, 1.82) is 0 Å². The summed E-state index contributed by atoms with van der Waals surface area (Å²) in [7, 11) is 0. The summed E-state index contributed by atoms with van der Waals surface area (Å²) in [5, 5.41) is 3.11. The molecule has 1 aliphatic heterocycles. The van der Waals surface area contributed by atoms with Crippen LogP contribution in [0.25, 0.3) is 0 Å². The van der Waals surface area contributed by atoms with E-state index in [4.69, 9.17) is 4.98 Å². The van der Waals surface area contributed by atoms with Crippen LogP contribution in [0.5, 0.6) is 0 Å². The van der Waals surface area contributed by atoms with Crippen LogP contribution in [0.4, 0.5) is 5.82 Å². The summed E-state index contributed by atoms with van der Waals surface area (Å²) in [6.07, 6.45) is 14.9. The number of piperidine rings is 1. The fraction of sp³-hybridized carbons (Fsp3) is 0.652. The van der Waals surface area contributed by atoms with E-state index in [-0.39, 0.29) is 11.9 Å². The van der Waals surface area contributed by atoms with Crippen LogP contribution in [-0.4, -0.2) is 44.6 Å². The molecule has 1 saturated heterocycles. The summed E-state index contributed by atoms with van der Waals surface area (Å²) in [4.78, 5) is 28.4. The first kappa shape index (κ1) is 22.2. The first-order valence-corrected chi connectivity index (χ1v) is 11.5. The van der Waals surface area contributed by atoms with Gasteiger partial charge in [-0.05, 0) is 32.6 Å². The first-order chi connectivity index (χ1) is 14.7. The molecular formula is C23H36N6O. The van der Waals surface area contributed by atoms with Crippen molar-refractivity contribution < 1.29 is 4.79 Å². The summed E-state index contributed by atoms with van der Waals surface area (Å²) in [5.41, 5.74) is 0.977. The maximum Gasteiger partial charge on any atom is 0.222 e. The molecule has 7 nitrogen and oxygen atoms in total. The maximum absolute atomic E-state index is 12.5. The molecule has 164 valence electrons. The number of carbonyl (C=O) groups excluding carboxylic acids is 1. The average Bonchev–Trinajstić information content (AvgIpc) is 3.26. The van der Waals surface area contributed by atoms with Gasteiger partial charge in [0.05, 0.1) is 6.33 Å². The number of nitrogens with one attached hydrogen (secondary N) is 1. The van der Waals surface area contributed by atoms with Gasteiger partial charge in [-0.25, -0.2) is 15.0 Å². The predicted molar refractivity (Wildman–Crippen MR) is 119 cm³/mol. The van der Waals surface area contributed by atoms with Crippen molar-refractivity contribution in [3.05, 3.63) is 36.3 Å². The van der Waals surface area contributed by atoms with Crippen molar-refractivity contribution in [3.8, 4) is 0 Å². The lowest BCUT2D eigenvalue weighted by atomic mass is 9.99. The zero-order valence-electron chi connectivity index (χ0n) is 18.5. The lowest BCUT2D eigenvalue weighted by Crippen LogP contribution is -2.43. The smallest absolute Gasteiger partial charge is 0.222 e. The zero-order valence-corrected chi connectivity index (χ0v) is 18.5. The highest BCUT2D eigenvalue weighted by atomic mass is 16.1. The Kier molecular flexibility index (Phi) is 8.66. The third kappa shape index (κ3) is 6.82. The monoisotopic (exact) mass is 412 g/mol. The number of carbonyl (C=O) groups is 1. The van der Waals surface area contributed by atoms with E-state index in [0.717, 1.165) is 62.7 Å². The fourth-order valence-corrected chi connectivity index (χ4v) is 4.10. The molecule has 2 aromatic rings. The second-order valence-electron chi connectivity index (χ2n) is 8.29. The highest BCUT2D eigenvalue weighted by Crippen LogP contribution is 2.26. The van der Waals surface area contributed by atoms with Crippen LogP contribution in [-0.2, 0) is 17.8 Å². The number of hydrogen-bond acceptors (Lipinski definition) is 5. The fourth-order valence-electron chi connectivity index (χ4n) is 4.10. The van der Waals surface area contributed by atoms with Crippen molar-refractivity contribution in [1.82, 2.24) is 24.8 Å². The van der Waals surface area contributed by atoms with Gasteiger partial charge in [-0.1, -0.05) is 26.2 Å². The third-order valence-electron chi connectivity index (χ3n) is 5.73. The molecule has 3 heterocycles. The molecule has 7 heteroatoms. The Morgan fingerprint density at radius 2 is 2.13 bits per heavy atom. The molecule has 1 N–H and O–H groups in total. The Morgan fingerprint density at radius 1 is 1.23 bits per heavy atom. The van der Waals surface area contributed by atoms with Gasteiger partial charge >= 0.3 is 0 Å². The van der Waals surface area contributed by atoms with E-state index < -0.39 is 0 Å². The van der Waals surface area contributed by atoms with Crippen LogP contribution in [0.3, 0.4) is 0 Å². The quantitative estimate of drug-likeness (QED) is 0.570. The van der Waals surface area contributed by atoms with E-state index in [1.165, 1.54) is 25.7 Å². The van der Waals surface area contributed by atoms with Gasteiger partial charge in [-0.2, -0.15) is 0 Å². The number of amides is 1. The molecule has 0 saturated carbocycles. The van der Waals surface area contributed by atoms with Gasteiger partial charge in [0.25, 0.3) is 0 Å². The van der Waals surface area contributed by atoms with Crippen LogP contribution in [0.2, 0.25) is 0 Å². The predicted octanol–water partition coefficient (Wildman–Crippen LogP) is 3.67. The van der Waals surface area contributed by atoms with E-state index in [9.17, 15) is 4.79 Å². The molecule has 1 amide bonds. The van der Waals surface area contributed by atoms with E-state index in [2.05, 4.69) is 33.2 Å². The topological polar surface area (TPSA) is 75.9 Å². The van der Waals surface area contributed by atoms with Crippen LogP contribution in [0.1, 0.15) is 69.8 Å². The van der Waals surface area contributed by atoms with Crippen molar-refractivity contribution in [2.24, 2.45) is 0 Å². The van der Waals surface area contributed by atoms with Crippen LogP contribution >= 0.6 is 0 Å². The van der Waals surface area contributed by atoms with Gasteiger partial charge in [-0.3, -0.25) is 4.79 Å². The molecule has 3 rings (SSSR count). The number of aryl methyl sites for hydroxylation is 3. The van der Waals surface area contributed by atoms with E-state index in [1.807, 2.05) is 24.0 Å². The van der Waals surface area contributed by atoms with E-state index >= 15 is 0 Å². The Morgan fingerprint density at radius 3 is 2.93 bits per heavy atom. The molecule has 1 unspecified atom stereocenters. The summed E-state index contributed by atoms with van der Waals surface area (Å²) >= 11 is 0. The molecule has 1 aliphatic rings. The van der Waals surface area contributed by atoms with Crippen molar-refractivity contribution in [2.75, 3.05) is 18.0 Å². The van der Waals surface area contributed by atoms with Crippen LogP contribution < -0.4 is 10.2 Å². The second kappa shape index (κ2) is 11.7. The van der Waals surface area contributed by atoms with Crippen molar-refractivity contribution in [3.63, 3.8) is 0 Å². The lowest BCUT2D eigenvalue weighted by molar-refractivity contribution is -0.121. The number of unbranched alkanes of at least 4 members (excludes halogenated alkanes) is 3. The van der Waals surface area contributed by atoms with E-state index in [1.54, 1.807) is 6.20 Å². The zero-order chi connectivity index (χ0) is 21.2. The van der Waals surface area contributed by atoms with Crippen LogP contribution in [0.15, 0.2) is 24.8 Å². The minimum absolute atomic E-state index is 0.162. The van der Waals surface area contributed by atoms with Gasteiger partial charge in [0.1, 0.15) is 11.6 Å². The molecule has 1 fully saturated rings. The SMILES string of the molecule is CCCCCCNC(=O)CC1CCCCN1c1cc(C)nc(CCn2ccnc2)n1. The summed E-state index contributed by atoms with van der Waals surface area (Å²) in [6, 6.07) is 2.27. The Labute approximate surface area is 180 Å². The minimum atomic E-state index is 0.162. The Balaban J connectivity index is 1.59. The van der Waals surface area contributed by atoms with Gasteiger partial charge in [0, 0.05) is 62.7 Å². The van der Waals surface area contributed by atoms with Crippen molar-refractivity contribution in [2.45, 2.75) is 84.2 Å². The number of aromatic nitrogens is 4. The molecule has 0 aromatic carbocycles. The summed E-state index contributed by atoms with van der Waals surface area (Å²) in [6.45, 7) is 6.78. The molecule has 30 heavy (non-hydrogen) atoms.